The summed E-state index contributed by atoms with van der Waals surface area (Å²) in [5.74, 6) is -1.08. The molecule has 6 nitrogen and oxygen atoms in total. The molecule has 0 radical (unpaired) electrons. The fourth-order valence-electron chi connectivity index (χ4n) is 2.18. The van der Waals surface area contributed by atoms with Crippen molar-refractivity contribution in [1.29, 1.82) is 0 Å². The molecule has 0 aromatic carbocycles. The second kappa shape index (κ2) is 3.86. The third kappa shape index (κ3) is 1.92. The van der Waals surface area contributed by atoms with E-state index in [0.29, 0.717) is 12.2 Å². The number of hydrogen-bond donors (Lipinski definition) is 2. The van der Waals surface area contributed by atoms with Crippen molar-refractivity contribution < 1.29 is 15.0 Å². The molecule has 0 unspecified atom stereocenters. The fourth-order valence-corrected chi connectivity index (χ4v) is 2.18. The van der Waals surface area contributed by atoms with Gasteiger partial charge in [-0.1, -0.05) is 18.1 Å². The predicted molar refractivity (Wildman–Crippen MR) is 55.1 cm³/mol. The summed E-state index contributed by atoms with van der Waals surface area (Å²) in [7, 11) is 0. The number of carboxylic acids is 1. The minimum Gasteiger partial charge on any atom is -0.476 e. The molecular formula is C10H15N3O3. The average Bonchev–Trinajstić information content (AvgIpc) is 2.76. The van der Waals surface area contributed by atoms with Crippen LogP contribution in [0.3, 0.4) is 0 Å². The molecule has 16 heavy (non-hydrogen) atoms. The largest absolute Gasteiger partial charge is 0.476 e. The summed E-state index contributed by atoms with van der Waals surface area (Å²) in [5, 5.41) is 26.4. The Bertz CT molecular complexity index is 407. The van der Waals surface area contributed by atoms with Crippen LogP contribution in [0.25, 0.3) is 0 Å². The van der Waals surface area contributed by atoms with Gasteiger partial charge < -0.3 is 10.2 Å². The van der Waals surface area contributed by atoms with Crippen molar-refractivity contribution in [2.45, 2.75) is 44.8 Å². The van der Waals surface area contributed by atoms with Gasteiger partial charge in [0.1, 0.15) is 0 Å². The highest BCUT2D eigenvalue weighted by Gasteiger charge is 2.33. The quantitative estimate of drug-likeness (QED) is 0.786. The zero-order valence-corrected chi connectivity index (χ0v) is 9.18. The van der Waals surface area contributed by atoms with E-state index in [1.807, 2.05) is 0 Å². The molecule has 0 atom stereocenters. The van der Waals surface area contributed by atoms with Gasteiger partial charge in [-0.05, 0) is 19.8 Å². The van der Waals surface area contributed by atoms with Gasteiger partial charge in [0.2, 0.25) is 0 Å². The van der Waals surface area contributed by atoms with Crippen molar-refractivity contribution in [3.8, 4) is 0 Å². The summed E-state index contributed by atoms with van der Waals surface area (Å²) in [4.78, 5) is 10.8. The Kier molecular flexibility index (Phi) is 2.67. The van der Waals surface area contributed by atoms with E-state index >= 15 is 0 Å². The fraction of sp³-hybridized carbons (Fsp3) is 0.700. The molecule has 2 rings (SSSR count). The average molecular weight is 225 g/mol. The SMILES string of the molecule is Cc1c(C(=O)O)nnn1CC1(O)CCCC1. The van der Waals surface area contributed by atoms with Crippen LogP contribution < -0.4 is 0 Å². The normalized spacial score (nSPS) is 18.9. The van der Waals surface area contributed by atoms with Gasteiger partial charge in [0, 0.05) is 0 Å². The van der Waals surface area contributed by atoms with E-state index in [2.05, 4.69) is 10.3 Å². The number of aliphatic hydroxyl groups is 1. The molecule has 6 heteroatoms. The maximum Gasteiger partial charge on any atom is 0.358 e. The van der Waals surface area contributed by atoms with Crippen LogP contribution in [-0.2, 0) is 6.54 Å². The summed E-state index contributed by atoms with van der Waals surface area (Å²) in [6.45, 7) is 1.99. The first-order valence-electron chi connectivity index (χ1n) is 5.38. The van der Waals surface area contributed by atoms with Crippen molar-refractivity contribution in [3.05, 3.63) is 11.4 Å². The summed E-state index contributed by atoms with van der Waals surface area (Å²) in [6.07, 6.45) is 3.51. The standard InChI is InChI=1S/C10H15N3O3/c1-7-8(9(14)15)11-12-13(7)6-10(16)4-2-3-5-10/h16H,2-6H2,1H3,(H,14,15). The van der Waals surface area contributed by atoms with Crippen LogP contribution in [0.1, 0.15) is 41.9 Å². The Hall–Kier alpha value is -1.43. The van der Waals surface area contributed by atoms with Gasteiger partial charge in [0.05, 0.1) is 17.8 Å². The number of rotatable bonds is 3. The predicted octanol–water partition coefficient (Wildman–Crippen LogP) is 0.590. The number of carboxylic acid groups (broad SMARTS) is 1. The molecule has 1 aromatic rings. The zero-order valence-electron chi connectivity index (χ0n) is 9.18. The Labute approximate surface area is 92.9 Å². The smallest absolute Gasteiger partial charge is 0.358 e. The molecule has 2 N–H and O–H groups in total. The molecule has 1 saturated carbocycles. The first-order chi connectivity index (χ1) is 7.52. The lowest BCUT2D eigenvalue weighted by atomic mass is 10.0. The number of aromatic carboxylic acids is 1. The first-order valence-corrected chi connectivity index (χ1v) is 5.38. The van der Waals surface area contributed by atoms with Gasteiger partial charge in [-0.15, -0.1) is 5.10 Å². The Morgan fingerprint density at radius 2 is 2.12 bits per heavy atom. The second-order valence-corrected chi connectivity index (χ2v) is 4.42. The first kappa shape index (κ1) is 11.1. The highest BCUT2D eigenvalue weighted by Crippen LogP contribution is 2.31. The van der Waals surface area contributed by atoms with Gasteiger partial charge >= 0.3 is 5.97 Å². The molecular weight excluding hydrogens is 210 g/mol. The molecule has 0 bridgehead atoms. The number of nitrogens with zero attached hydrogens (tertiary/aromatic N) is 3. The molecule has 0 amide bonds. The van der Waals surface area contributed by atoms with Gasteiger partial charge in [-0.2, -0.15) is 0 Å². The highest BCUT2D eigenvalue weighted by molar-refractivity contribution is 5.86. The van der Waals surface area contributed by atoms with Crippen LogP contribution in [0.15, 0.2) is 0 Å². The van der Waals surface area contributed by atoms with E-state index in [-0.39, 0.29) is 5.69 Å². The Balaban J connectivity index is 2.19. The minimum atomic E-state index is -1.08. The molecule has 1 aliphatic carbocycles. The third-order valence-corrected chi connectivity index (χ3v) is 3.16. The van der Waals surface area contributed by atoms with Gasteiger partial charge in [-0.3, -0.25) is 0 Å². The van der Waals surface area contributed by atoms with Crippen molar-refractivity contribution in [1.82, 2.24) is 15.0 Å². The molecule has 0 spiro atoms. The van der Waals surface area contributed by atoms with Crippen molar-refractivity contribution >= 4 is 5.97 Å². The van der Waals surface area contributed by atoms with Crippen LogP contribution in [0, 0.1) is 6.92 Å². The molecule has 1 heterocycles. The number of carbonyl (C=O) groups is 1. The van der Waals surface area contributed by atoms with Crippen LogP contribution in [0.4, 0.5) is 0 Å². The van der Waals surface area contributed by atoms with E-state index < -0.39 is 11.6 Å². The zero-order chi connectivity index (χ0) is 11.8. The van der Waals surface area contributed by atoms with E-state index in [4.69, 9.17) is 5.11 Å². The summed E-state index contributed by atoms with van der Waals surface area (Å²) < 4.78 is 1.48. The van der Waals surface area contributed by atoms with E-state index in [0.717, 1.165) is 25.7 Å². The van der Waals surface area contributed by atoms with Gasteiger partial charge in [0.25, 0.3) is 0 Å². The third-order valence-electron chi connectivity index (χ3n) is 3.16. The van der Waals surface area contributed by atoms with Crippen LogP contribution in [0.5, 0.6) is 0 Å². The van der Waals surface area contributed by atoms with Crippen LogP contribution >= 0.6 is 0 Å². The van der Waals surface area contributed by atoms with Gasteiger partial charge in [-0.25, -0.2) is 9.48 Å². The monoisotopic (exact) mass is 225 g/mol. The molecule has 88 valence electrons. The Morgan fingerprint density at radius 3 is 2.62 bits per heavy atom. The lowest BCUT2D eigenvalue weighted by Crippen LogP contribution is -2.31. The van der Waals surface area contributed by atoms with E-state index in [1.165, 1.54) is 4.68 Å². The molecule has 0 aliphatic heterocycles. The lowest BCUT2D eigenvalue weighted by Gasteiger charge is -2.21. The summed E-state index contributed by atoms with van der Waals surface area (Å²) >= 11 is 0. The van der Waals surface area contributed by atoms with Crippen molar-refractivity contribution in [2.24, 2.45) is 0 Å². The van der Waals surface area contributed by atoms with E-state index in [9.17, 15) is 9.90 Å². The van der Waals surface area contributed by atoms with Gasteiger partial charge in [0.15, 0.2) is 5.69 Å². The second-order valence-electron chi connectivity index (χ2n) is 4.42. The Morgan fingerprint density at radius 1 is 1.50 bits per heavy atom. The number of hydrogen-bond acceptors (Lipinski definition) is 4. The van der Waals surface area contributed by atoms with E-state index in [1.54, 1.807) is 6.92 Å². The molecule has 1 fully saturated rings. The number of aromatic nitrogens is 3. The molecule has 0 saturated heterocycles. The summed E-state index contributed by atoms with van der Waals surface area (Å²) in [5.41, 5.74) is -0.289. The lowest BCUT2D eigenvalue weighted by molar-refractivity contribution is 0.0253. The van der Waals surface area contributed by atoms with Crippen LogP contribution in [-0.4, -0.2) is 36.8 Å². The van der Waals surface area contributed by atoms with Crippen molar-refractivity contribution in [2.75, 3.05) is 0 Å². The molecule has 1 aliphatic rings. The topological polar surface area (TPSA) is 88.2 Å². The summed E-state index contributed by atoms with van der Waals surface area (Å²) in [6, 6.07) is 0. The minimum absolute atomic E-state index is 0.0402. The molecule has 1 aromatic heterocycles. The maximum absolute atomic E-state index is 10.8. The van der Waals surface area contributed by atoms with Crippen LogP contribution in [0.2, 0.25) is 0 Å². The van der Waals surface area contributed by atoms with Crippen molar-refractivity contribution in [3.63, 3.8) is 0 Å². The maximum atomic E-state index is 10.8. The highest BCUT2D eigenvalue weighted by atomic mass is 16.4.